The molecule has 0 bridgehead atoms. The van der Waals surface area contributed by atoms with E-state index in [0.29, 0.717) is 18.2 Å². The molecule has 2 nitrogen and oxygen atoms in total. The topological polar surface area (TPSA) is 29.1 Å². The van der Waals surface area contributed by atoms with Gasteiger partial charge < -0.3 is 5.32 Å². The zero-order valence-electron chi connectivity index (χ0n) is 11.9. The fraction of sp³-hybridized carbons (Fsp3) is 0.353. The maximum absolute atomic E-state index is 12.2. The summed E-state index contributed by atoms with van der Waals surface area (Å²) in [6.45, 7) is 4.12. The minimum Gasteiger partial charge on any atom is -0.352 e. The molecule has 0 saturated heterocycles. The first kappa shape index (κ1) is 14.9. The average Bonchev–Trinajstić information content (AvgIpc) is 2.45. The Balaban J connectivity index is 2.14. The van der Waals surface area contributed by atoms with E-state index >= 15 is 0 Å². The fourth-order valence-electron chi connectivity index (χ4n) is 2.26. The Bertz CT molecular complexity index is 589. The Kier molecular flexibility index (Phi) is 5.02. The largest absolute Gasteiger partial charge is 0.352 e. The highest BCUT2D eigenvalue weighted by Crippen LogP contribution is 2.19. The molecule has 2 rings (SSSR count). The van der Waals surface area contributed by atoms with Crippen LogP contribution in [-0.4, -0.2) is 17.8 Å². The number of hydrogen-bond donors (Lipinski definition) is 1. The normalized spacial score (nSPS) is 12.6. The van der Waals surface area contributed by atoms with Gasteiger partial charge in [0.2, 0.25) is 5.91 Å². The van der Waals surface area contributed by atoms with Crippen LogP contribution < -0.4 is 5.32 Å². The van der Waals surface area contributed by atoms with Crippen molar-refractivity contribution >= 4 is 28.3 Å². The lowest BCUT2D eigenvalue weighted by Gasteiger charge is -2.20. The van der Waals surface area contributed by atoms with E-state index in [-0.39, 0.29) is 11.9 Å². The van der Waals surface area contributed by atoms with Crippen LogP contribution in [-0.2, 0) is 11.2 Å². The fourth-order valence-corrected chi connectivity index (χ4v) is 2.69. The van der Waals surface area contributed by atoms with Crippen molar-refractivity contribution in [1.29, 1.82) is 0 Å². The van der Waals surface area contributed by atoms with Gasteiger partial charge in [-0.1, -0.05) is 56.3 Å². The molecular formula is C17H20ClNO. The van der Waals surface area contributed by atoms with E-state index < -0.39 is 0 Å². The molecule has 0 saturated carbocycles. The van der Waals surface area contributed by atoms with Crippen molar-refractivity contribution in [3.8, 4) is 0 Å². The van der Waals surface area contributed by atoms with Crippen molar-refractivity contribution in [1.82, 2.24) is 5.32 Å². The Morgan fingerprint density at radius 1 is 1.15 bits per heavy atom. The van der Waals surface area contributed by atoms with Gasteiger partial charge in [-0.05, 0) is 22.3 Å². The van der Waals surface area contributed by atoms with Crippen LogP contribution in [0, 0.1) is 5.92 Å². The predicted octanol–water partition coefficient (Wildman–Crippen LogP) is 3.76. The third-order valence-corrected chi connectivity index (χ3v) is 3.88. The number of carbonyl (C=O) groups excluding carboxylic acids is 1. The molecule has 0 aromatic heterocycles. The molecule has 0 spiro atoms. The first-order chi connectivity index (χ1) is 9.61. The molecule has 0 radical (unpaired) electrons. The van der Waals surface area contributed by atoms with Gasteiger partial charge in [-0.25, -0.2) is 0 Å². The number of amides is 1. The van der Waals surface area contributed by atoms with Crippen molar-refractivity contribution in [2.24, 2.45) is 5.92 Å². The summed E-state index contributed by atoms with van der Waals surface area (Å²) in [6, 6.07) is 14.2. The lowest BCUT2D eigenvalue weighted by Crippen LogP contribution is -2.40. The van der Waals surface area contributed by atoms with E-state index in [0.717, 1.165) is 16.3 Å². The smallest absolute Gasteiger partial charge is 0.224 e. The van der Waals surface area contributed by atoms with E-state index in [4.69, 9.17) is 11.6 Å². The molecule has 3 heteroatoms. The molecule has 0 aliphatic heterocycles. The van der Waals surface area contributed by atoms with Gasteiger partial charge in [-0.15, -0.1) is 11.6 Å². The van der Waals surface area contributed by atoms with Crippen LogP contribution in [0.25, 0.3) is 10.8 Å². The Morgan fingerprint density at radius 2 is 1.85 bits per heavy atom. The first-order valence-corrected chi connectivity index (χ1v) is 7.47. The summed E-state index contributed by atoms with van der Waals surface area (Å²) in [4.78, 5) is 12.2. The molecular weight excluding hydrogens is 270 g/mol. The second-order valence-corrected chi connectivity index (χ2v) is 5.70. The van der Waals surface area contributed by atoms with Crippen LogP contribution in [0.1, 0.15) is 19.4 Å². The molecule has 1 N–H and O–H groups in total. The Morgan fingerprint density at radius 3 is 2.55 bits per heavy atom. The summed E-state index contributed by atoms with van der Waals surface area (Å²) < 4.78 is 0. The van der Waals surface area contributed by atoms with E-state index in [9.17, 15) is 4.79 Å². The van der Waals surface area contributed by atoms with Crippen LogP contribution >= 0.6 is 11.6 Å². The summed E-state index contributed by atoms with van der Waals surface area (Å²) in [5, 5.41) is 5.31. The van der Waals surface area contributed by atoms with Crippen molar-refractivity contribution in [2.75, 3.05) is 5.88 Å². The van der Waals surface area contributed by atoms with Gasteiger partial charge in [0, 0.05) is 11.9 Å². The highest BCUT2D eigenvalue weighted by Gasteiger charge is 2.15. The van der Waals surface area contributed by atoms with Gasteiger partial charge in [0.1, 0.15) is 0 Å². The summed E-state index contributed by atoms with van der Waals surface area (Å²) in [7, 11) is 0. The number of hydrogen-bond acceptors (Lipinski definition) is 1. The molecule has 2 aromatic rings. The third kappa shape index (κ3) is 3.51. The SMILES string of the molecule is CC(C)C(CCl)NC(=O)Cc1cccc2ccccc12. The van der Waals surface area contributed by atoms with Gasteiger partial charge >= 0.3 is 0 Å². The van der Waals surface area contributed by atoms with Crippen LogP contribution in [0.2, 0.25) is 0 Å². The number of nitrogens with one attached hydrogen (secondary N) is 1. The van der Waals surface area contributed by atoms with E-state index in [2.05, 4.69) is 37.4 Å². The standard InChI is InChI=1S/C17H20ClNO/c1-12(2)16(11-18)19-17(20)10-14-8-5-7-13-6-3-4-9-15(13)14/h3-9,12,16H,10-11H2,1-2H3,(H,19,20). The zero-order chi connectivity index (χ0) is 14.5. The van der Waals surface area contributed by atoms with Crippen molar-refractivity contribution in [3.05, 3.63) is 48.0 Å². The van der Waals surface area contributed by atoms with Crippen molar-refractivity contribution in [2.45, 2.75) is 26.3 Å². The second kappa shape index (κ2) is 6.76. The number of rotatable bonds is 5. The van der Waals surface area contributed by atoms with Crippen LogP contribution in [0.15, 0.2) is 42.5 Å². The molecule has 106 valence electrons. The van der Waals surface area contributed by atoms with Crippen LogP contribution in [0.4, 0.5) is 0 Å². The molecule has 1 atom stereocenters. The molecule has 20 heavy (non-hydrogen) atoms. The maximum Gasteiger partial charge on any atom is 0.224 e. The molecule has 0 heterocycles. The van der Waals surface area contributed by atoms with Gasteiger partial charge in [0.05, 0.1) is 6.42 Å². The Labute approximate surface area is 125 Å². The molecule has 2 aromatic carbocycles. The monoisotopic (exact) mass is 289 g/mol. The van der Waals surface area contributed by atoms with E-state index in [1.165, 1.54) is 0 Å². The quantitative estimate of drug-likeness (QED) is 0.834. The summed E-state index contributed by atoms with van der Waals surface area (Å²) >= 11 is 5.89. The number of benzene rings is 2. The zero-order valence-corrected chi connectivity index (χ0v) is 12.7. The predicted molar refractivity (Wildman–Crippen MR) is 85.1 cm³/mol. The molecule has 1 amide bonds. The van der Waals surface area contributed by atoms with Gasteiger partial charge in [0.25, 0.3) is 0 Å². The summed E-state index contributed by atoms with van der Waals surface area (Å²) in [6.07, 6.45) is 0.390. The second-order valence-electron chi connectivity index (χ2n) is 5.39. The van der Waals surface area contributed by atoms with E-state index in [1.54, 1.807) is 0 Å². The lowest BCUT2D eigenvalue weighted by molar-refractivity contribution is -0.121. The van der Waals surface area contributed by atoms with Crippen molar-refractivity contribution < 1.29 is 4.79 Å². The molecule has 0 aliphatic rings. The number of alkyl halides is 1. The van der Waals surface area contributed by atoms with Gasteiger partial charge in [0.15, 0.2) is 0 Å². The van der Waals surface area contributed by atoms with Crippen LogP contribution in [0.5, 0.6) is 0 Å². The average molecular weight is 290 g/mol. The van der Waals surface area contributed by atoms with Crippen LogP contribution in [0.3, 0.4) is 0 Å². The summed E-state index contributed by atoms with van der Waals surface area (Å²) in [5.41, 5.74) is 1.05. The third-order valence-electron chi connectivity index (χ3n) is 3.55. The van der Waals surface area contributed by atoms with Gasteiger partial charge in [-0.3, -0.25) is 4.79 Å². The highest BCUT2D eigenvalue weighted by molar-refractivity contribution is 6.18. The number of fused-ring (bicyclic) bond motifs is 1. The van der Waals surface area contributed by atoms with Gasteiger partial charge in [-0.2, -0.15) is 0 Å². The molecule has 1 unspecified atom stereocenters. The number of carbonyl (C=O) groups is 1. The first-order valence-electron chi connectivity index (χ1n) is 6.93. The minimum atomic E-state index is 0.0270. The highest BCUT2D eigenvalue weighted by atomic mass is 35.5. The maximum atomic E-state index is 12.2. The van der Waals surface area contributed by atoms with Crippen molar-refractivity contribution in [3.63, 3.8) is 0 Å². The minimum absolute atomic E-state index is 0.0270. The summed E-state index contributed by atoms with van der Waals surface area (Å²) in [5.74, 6) is 0.809. The van der Waals surface area contributed by atoms with E-state index in [1.807, 2.05) is 24.3 Å². The number of halogens is 1. The molecule has 0 aliphatic carbocycles. The molecule has 0 fully saturated rings. The lowest BCUT2D eigenvalue weighted by atomic mass is 10.0. The Hall–Kier alpha value is -1.54.